The lowest BCUT2D eigenvalue weighted by Crippen LogP contribution is -2.58. The van der Waals surface area contributed by atoms with Gasteiger partial charge in [0.05, 0.1) is 19.0 Å². The van der Waals surface area contributed by atoms with Crippen LogP contribution in [0.2, 0.25) is 0 Å². The third-order valence-electron chi connectivity index (χ3n) is 5.32. The minimum Gasteiger partial charge on any atom is -0.481 e. The summed E-state index contributed by atoms with van der Waals surface area (Å²) < 4.78 is 0. The third-order valence-corrected chi connectivity index (χ3v) is 5.32. The molecule has 0 saturated heterocycles. The highest BCUT2D eigenvalue weighted by Gasteiger charge is 2.31. The Morgan fingerprint density at radius 3 is 2.08 bits per heavy atom. The molecule has 0 radical (unpaired) electrons. The van der Waals surface area contributed by atoms with Crippen molar-refractivity contribution in [3.63, 3.8) is 0 Å². The SMILES string of the molecule is NC(Cc1ccccc1)C(=O)NC(Cc1cnc[nH]1)C(=O)NC(CCC(=O)O)C(=O)NC(CO)C(=O)O. The first kappa shape index (κ1) is 28.9. The van der Waals surface area contributed by atoms with Gasteiger partial charge in [-0.05, 0) is 18.4 Å². The quantitative estimate of drug-likeness (QED) is 0.128. The topological polar surface area (TPSA) is 237 Å². The molecule has 0 bridgehead atoms. The van der Waals surface area contributed by atoms with Crippen LogP contribution in [0.3, 0.4) is 0 Å². The monoisotopic (exact) mass is 518 g/mol. The molecular formula is C23H30N6O8. The molecule has 14 nitrogen and oxygen atoms in total. The number of aromatic nitrogens is 2. The first-order valence-corrected chi connectivity index (χ1v) is 11.3. The lowest BCUT2D eigenvalue weighted by molar-refractivity contribution is -0.144. The summed E-state index contributed by atoms with van der Waals surface area (Å²) in [5, 5.41) is 34.2. The molecule has 1 heterocycles. The number of carboxylic acid groups (broad SMARTS) is 2. The predicted octanol–water partition coefficient (Wildman–Crippen LogP) is -2.08. The summed E-state index contributed by atoms with van der Waals surface area (Å²) in [7, 11) is 0. The summed E-state index contributed by atoms with van der Waals surface area (Å²) in [6.45, 7) is -0.918. The maximum Gasteiger partial charge on any atom is 0.328 e. The highest BCUT2D eigenvalue weighted by Crippen LogP contribution is 2.06. The predicted molar refractivity (Wildman–Crippen MR) is 128 cm³/mol. The zero-order valence-electron chi connectivity index (χ0n) is 19.8. The number of aliphatic hydroxyl groups is 1. The number of aliphatic hydroxyl groups excluding tert-OH is 1. The molecule has 4 atom stereocenters. The number of imidazole rings is 1. The van der Waals surface area contributed by atoms with E-state index in [0.29, 0.717) is 5.69 Å². The van der Waals surface area contributed by atoms with Crippen LogP contribution in [-0.4, -0.2) is 85.7 Å². The smallest absolute Gasteiger partial charge is 0.328 e. The van der Waals surface area contributed by atoms with Crippen molar-refractivity contribution >= 4 is 29.7 Å². The molecule has 0 aliphatic carbocycles. The first-order chi connectivity index (χ1) is 17.6. The van der Waals surface area contributed by atoms with Gasteiger partial charge in [-0.1, -0.05) is 30.3 Å². The molecule has 3 amide bonds. The Hall–Kier alpha value is -4.30. The van der Waals surface area contributed by atoms with Crippen LogP contribution in [0.4, 0.5) is 0 Å². The van der Waals surface area contributed by atoms with Crippen molar-refractivity contribution in [3.05, 3.63) is 54.1 Å². The molecule has 1 aromatic carbocycles. The number of carboxylic acids is 2. The number of benzene rings is 1. The summed E-state index contributed by atoms with van der Waals surface area (Å²) >= 11 is 0. The fraction of sp³-hybridized carbons (Fsp3) is 0.391. The van der Waals surface area contributed by atoms with E-state index in [0.717, 1.165) is 5.56 Å². The van der Waals surface area contributed by atoms with Gasteiger partial charge < -0.3 is 42.0 Å². The largest absolute Gasteiger partial charge is 0.481 e. The van der Waals surface area contributed by atoms with Crippen LogP contribution in [0.1, 0.15) is 24.1 Å². The zero-order valence-corrected chi connectivity index (χ0v) is 19.8. The lowest BCUT2D eigenvalue weighted by atomic mass is 10.0. The van der Waals surface area contributed by atoms with Crippen molar-refractivity contribution in [1.29, 1.82) is 0 Å². The van der Waals surface area contributed by atoms with Gasteiger partial charge in [-0.3, -0.25) is 19.2 Å². The summed E-state index contributed by atoms with van der Waals surface area (Å²) in [6.07, 6.45) is 2.06. The van der Waals surface area contributed by atoms with Crippen molar-refractivity contribution in [3.8, 4) is 0 Å². The van der Waals surface area contributed by atoms with Gasteiger partial charge in [0.1, 0.15) is 18.1 Å². The first-order valence-electron chi connectivity index (χ1n) is 11.3. The molecule has 0 aliphatic rings. The minimum atomic E-state index is -1.66. The number of hydrogen-bond acceptors (Lipinski definition) is 8. The molecule has 4 unspecified atom stereocenters. The Kier molecular flexibility index (Phi) is 11.2. The van der Waals surface area contributed by atoms with Crippen LogP contribution < -0.4 is 21.7 Å². The number of aliphatic carboxylic acids is 2. The minimum absolute atomic E-state index is 0.0582. The van der Waals surface area contributed by atoms with Gasteiger partial charge in [0.2, 0.25) is 17.7 Å². The Balaban J connectivity index is 2.17. The van der Waals surface area contributed by atoms with Gasteiger partial charge in [0, 0.05) is 24.7 Å². The van der Waals surface area contributed by atoms with Crippen LogP contribution in [0.25, 0.3) is 0 Å². The number of amides is 3. The van der Waals surface area contributed by atoms with Crippen LogP contribution >= 0.6 is 0 Å². The van der Waals surface area contributed by atoms with Crippen molar-refractivity contribution in [2.75, 3.05) is 6.61 Å². The molecule has 0 fully saturated rings. The second-order valence-corrected chi connectivity index (χ2v) is 8.21. The molecule has 2 rings (SSSR count). The van der Waals surface area contributed by atoms with Crippen LogP contribution in [-0.2, 0) is 36.8 Å². The molecule has 14 heteroatoms. The van der Waals surface area contributed by atoms with Crippen molar-refractivity contribution in [2.45, 2.75) is 49.9 Å². The third kappa shape index (κ3) is 9.70. The van der Waals surface area contributed by atoms with E-state index in [4.69, 9.17) is 15.9 Å². The van der Waals surface area contributed by atoms with E-state index in [2.05, 4.69) is 20.6 Å². The highest BCUT2D eigenvalue weighted by molar-refractivity contribution is 5.94. The van der Waals surface area contributed by atoms with Crippen molar-refractivity contribution < 1.29 is 39.3 Å². The zero-order chi connectivity index (χ0) is 27.4. The van der Waals surface area contributed by atoms with E-state index < -0.39 is 66.9 Å². The van der Waals surface area contributed by atoms with Crippen LogP contribution in [0, 0.1) is 0 Å². The van der Waals surface area contributed by atoms with Gasteiger partial charge in [-0.15, -0.1) is 0 Å². The van der Waals surface area contributed by atoms with E-state index in [9.17, 15) is 29.1 Å². The fourth-order valence-electron chi connectivity index (χ4n) is 3.33. The standard InChI is InChI=1S/C23H30N6O8/c24-15(8-13-4-2-1-3-5-13)20(33)28-17(9-14-10-25-12-26-14)22(35)27-16(6-7-19(31)32)21(34)29-18(11-30)23(36)37/h1-5,10,12,15-18,30H,6-9,11,24H2,(H,25,26)(H,27,35)(H,28,33)(H,29,34)(H,31,32)(H,36,37). The summed E-state index contributed by atoms with van der Waals surface area (Å²) in [4.78, 5) is 67.4. The number of H-pyrrole nitrogens is 1. The van der Waals surface area contributed by atoms with E-state index in [-0.39, 0.29) is 19.3 Å². The molecule has 9 N–H and O–H groups in total. The molecule has 0 aliphatic heterocycles. The number of nitrogens with two attached hydrogens (primary N) is 1. The van der Waals surface area contributed by atoms with Crippen LogP contribution in [0.5, 0.6) is 0 Å². The van der Waals surface area contributed by atoms with E-state index in [1.54, 1.807) is 24.3 Å². The Morgan fingerprint density at radius 2 is 1.51 bits per heavy atom. The summed E-state index contributed by atoms with van der Waals surface area (Å²) in [5.41, 5.74) is 7.32. The number of nitrogens with one attached hydrogen (secondary N) is 4. The molecular weight excluding hydrogens is 488 g/mol. The Labute approximate surface area is 211 Å². The van der Waals surface area contributed by atoms with Gasteiger partial charge in [-0.25, -0.2) is 9.78 Å². The molecule has 2 aromatic rings. The highest BCUT2D eigenvalue weighted by atomic mass is 16.4. The van der Waals surface area contributed by atoms with Gasteiger partial charge in [0.25, 0.3) is 0 Å². The number of carbonyl (C=O) groups excluding carboxylic acids is 3. The molecule has 0 spiro atoms. The number of hydrogen-bond donors (Lipinski definition) is 8. The number of rotatable bonds is 15. The second-order valence-electron chi connectivity index (χ2n) is 8.21. The number of carbonyl (C=O) groups is 5. The second kappa shape index (κ2) is 14.3. The fourth-order valence-corrected chi connectivity index (χ4v) is 3.33. The van der Waals surface area contributed by atoms with Crippen LogP contribution in [0.15, 0.2) is 42.9 Å². The Morgan fingerprint density at radius 1 is 0.892 bits per heavy atom. The molecule has 1 aromatic heterocycles. The molecule has 200 valence electrons. The van der Waals surface area contributed by atoms with E-state index in [1.165, 1.54) is 12.5 Å². The average Bonchev–Trinajstić information content (AvgIpc) is 3.37. The lowest BCUT2D eigenvalue weighted by Gasteiger charge is -2.24. The van der Waals surface area contributed by atoms with Gasteiger partial charge in [0.15, 0.2) is 0 Å². The van der Waals surface area contributed by atoms with E-state index in [1.807, 2.05) is 11.4 Å². The van der Waals surface area contributed by atoms with Crippen molar-refractivity contribution in [2.24, 2.45) is 5.73 Å². The van der Waals surface area contributed by atoms with Crippen molar-refractivity contribution in [1.82, 2.24) is 25.9 Å². The summed E-state index contributed by atoms with van der Waals surface area (Å²) in [5.74, 6) is -5.25. The normalized spacial score (nSPS) is 14.0. The van der Waals surface area contributed by atoms with E-state index >= 15 is 0 Å². The van der Waals surface area contributed by atoms with Gasteiger partial charge >= 0.3 is 11.9 Å². The number of nitrogens with zero attached hydrogens (tertiary/aromatic N) is 1. The van der Waals surface area contributed by atoms with Gasteiger partial charge in [-0.2, -0.15) is 0 Å². The summed E-state index contributed by atoms with van der Waals surface area (Å²) in [6, 6.07) is 3.65. The Bertz CT molecular complexity index is 1060. The maximum atomic E-state index is 13.1. The average molecular weight is 519 g/mol. The molecule has 0 saturated carbocycles. The maximum absolute atomic E-state index is 13.1. The number of aromatic amines is 1. The molecule has 37 heavy (non-hydrogen) atoms.